The summed E-state index contributed by atoms with van der Waals surface area (Å²) in [6.07, 6.45) is 0.213. The van der Waals surface area contributed by atoms with Crippen molar-refractivity contribution in [1.29, 1.82) is 0 Å². The van der Waals surface area contributed by atoms with Gasteiger partial charge in [-0.3, -0.25) is 4.79 Å². The van der Waals surface area contributed by atoms with E-state index in [9.17, 15) is 9.59 Å². The van der Waals surface area contributed by atoms with Gasteiger partial charge >= 0.3 is 5.97 Å². The number of nitrogens with one attached hydrogen (secondary N) is 1. The zero-order valence-corrected chi connectivity index (χ0v) is 13.7. The molecule has 5 nitrogen and oxygen atoms in total. The number of hydrogen-bond acceptors (Lipinski definition) is 3. The predicted molar refractivity (Wildman–Crippen MR) is 99.5 cm³/mol. The second-order valence-electron chi connectivity index (χ2n) is 6.00. The van der Waals surface area contributed by atoms with Crippen LogP contribution in [0.3, 0.4) is 0 Å². The van der Waals surface area contributed by atoms with Crippen LogP contribution in [0, 0.1) is 0 Å². The molecular weight excluding hydrogens is 330 g/mol. The lowest BCUT2D eigenvalue weighted by atomic mass is 10.0. The fourth-order valence-electron chi connectivity index (χ4n) is 3.08. The molecule has 0 atom stereocenters. The van der Waals surface area contributed by atoms with Crippen molar-refractivity contribution in [3.63, 3.8) is 0 Å². The fourth-order valence-corrected chi connectivity index (χ4v) is 3.08. The van der Waals surface area contributed by atoms with Crippen LogP contribution in [-0.4, -0.2) is 17.0 Å². The first kappa shape index (κ1) is 15.9. The highest BCUT2D eigenvalue weighted by atomic mass is 16.4. The molecule has 1 aromatic heterocycles. The number of fused-ring (bicyclic) bond motifs is 2. The molecule has 2 N–H and O–H groups in total. The molecule has 4 aromatic rings. The van der Waals surface area contributed by atoms with Gasteiger partial charge in [0.1, 0.15) is 0 Å². The van der Waals surface area contributed by atoms with E-state index in [2.05, 4.69) is 5.32 Å². The number of furan rings is 1. The van der Waals surface area contributed by atoms with Gasteiger partial charge < -0.3 is 14.8 Å². The van der Waals surface area contributed by atoms with Crippen LogP contribution in [0.5, 0.6) is 0 Å². The Morgan fingerprint density at radius 1 is 0.923 bits per heavy atom. The lowest BCUT2D eigenvalue weighted by molar-refractivity contribution is -0.115. The molecule has 0 aliphatic carbocycles. The highest BCUT2D eigenvalue weighted by Gasteiger charge is 2.15. The van der Waals surface area contributed by atoms with Gasteiger partial charge in [-0.1, -0.05) is 54.6 Å². The minimum Gasteiger partial charge on any atom is -0.475 e. The van der Waals surface area contributed by atoms with E-state index >= 15 is 0 Å². The van der Waals surface area contributed by atoms with E-state index in [0.717, 1.165) is 16.3 Å². The van der Waals surface area contributed by atoms with Crippen molar-refractivity contribution in [3.8, 4) is 0 Å². The summed E-state index contributed by atoms with van der Waals surface area (Å²) in [6.45, 7) is 0. The Labute approximate surface area is 148 Å². The molecule has 0 saturated carbocycles. The number of hydrogen-bond donors (Lipinski definition) is 2. The van der Waals surface area contributed by atoms with Crippen LogP contribution >= 0.6 is 0 Å². The van der Waals surface area contributed by atoms with Gasteiger partial charge in [0.2, 0.25) is 11.7 Å². The number of para-hydroxylation sites is 1. The number of aromatic carboxylic acids is 1. The SMILES string of the molecule is O=C(Cc1cccc2ccccc12)Nc1cccc2cc(C(=O)O)oc12. The maximum atomic E-state index is 12.5. The molecule has 0 aliphatic heterocycles. The number of carbonyl (C=O) groups excluding carboxylic acids is 1. The quantitative estimate of drug-likeness (QED) is 0.572. The molecular formula is C21H15NO4. The summed E-state index contributed by atoms with van der Waals surface area (Å²) >= 11 is 0. The van der Waals surface area contributed by atoms with Gasteiger partial charge in [0.05, 0.1) is 12.1 Å². The first-order valence-electron chi connectivity index (χ1n) is 8.14. The van der Waals surface area contributed by atoms with E-state index in [0.29, 0.717) is 16.7 Å². The Morgan fingerprint density at radius 3 is 2.50 bits per heavy atom. The van der Waals surface area contributed by atoms with Crippen LogP contribution in [0.1, 0.15) is 16.1 Å². The maximum absolute atomic E-state index is 12.5. The van der Waals surface area contributed by atoms with Gasteiger partial charge in [0.25, 0.3) is 0 Å². The highest BCUT2D eigenvalue weighted by molar-refractivity contribution is 6.03. The average Bonchev–Trinajstić information content (AvgIpc) is 3.08. The molecule has 3 aromatic carbocycles. The Kier molecular flexibility index (Phi) is 3.89. The Balaban J connectivity index is 1.62. The summed E-state index contributed by atoms with van der Waals surface area (Å²) in [5.41, 5.74) is 1.75. The summed E-state index contributed by atoms with van der Waals surface area (Å²) in [5, 5.41) is 14.6. The molecule has 0 bridgehead atoms. The summed E-state index contributed by atoms with van der Waals surface area (Å²) < 4.78 is 5.37. The lowest BCUT2D eigenvalue weighted by Crippen LogP contribution is -2.14. The van der Waals surface area contributed by atoms with E-state index < -0.39 is 5.97 Å². The van der Waals surface area contributed by atoms with Crippen LogP contribution in [0.2, 0.25) is 0 Å². The molecule has 26 heavy (non-hydrogen) atoms. The number of carboxylic acid groups (broad SMARTS) is 1. The molecule has 5 heteroatoms. The van der Waals surface area contributed by atoms with E-state index in [1.807, 2.05) is 42.5 Å². The van der Waals surface area contributed by atoms with E-state index in [1.54, 1.807) is 18.2 Å². The zero-order chi connectivity index (χ0) is 18.1. The molecule has 4 rings (SSSR count). The van der Waals surface area contributed by atoms with Crippen molar-refractivity contribution < 1.29 is 19.1 Å². The van der Waals surface area contributed by atoms with Gasteiger partial charge in [-0.15, -0.1) is 0 Å². The normalized spacial score (nSPS) is 10.9. The molecule has 1 amide bonds. The fraction of sp³-hybridized carbons (Fsp3) is 0.0476. The zero-order valence-electron chi connectivity index (χ0n) is 13.7. The second-order valence-corrected chi connectivity index (χ2v) is 6.00. The Bertz CT molecular complexity index is 1140. The number of carboxylic acids is 1. The van der Waals surface area contributed by atoms with Crippen molar-refractivity contribution in [2.45, 2.75) is 6.42 Å². The van der Waals surface area contributed by atoms with Crippen LogP contribution in [-0.2, 0) is 11.2 Å². The van der Waals surface area contributed by atoms with Crippen LogP contribution < -0.4 is 5.32 Å². The topological polar surface area (TPSA) is 79.5 Å². The molecule has 0 aliphatic rings. The third-order valence-corrected chi connectivity index (χ3v) is 4.26. The monoisotopic (exact) mass is 345 g/mol. The summed E-state index contributed by atoms with van der Waals surface area (Å²) in [7, 11) is 0. The Morgan fingerprint density at radius 2 is 1.65 bits per heavy atom. The van der Waals surface area contributed by atoms with Crippen molar-refractivity contribution in [3.05, 3.63) is 78.1 Å². The van der Waals surface area contributed by atoms with Gasteiger partial charge in [0.15, 0.2) is 5.58 Å². The van der Waals surface area contributed by atoms with Crippen LogP contribution in [0.15, 0.2) is 71.1 Å². The van der Waals surface area contributed by atoms with E-state index in [4.69, 9.17) is 9.52 Å². The van der Waals surface area contributed by atoms with Gasteiger partial charge in [-0.05, 0) is 28.5 Å². The maximum Gasteiger partial charge on any atom is 0.371 e. The molecule has 0 radical (unpaired) electrons. The smallest absolute Gasteiger partial charge is 0.371 e. The molecule has 1 heterocycles. The number of anilines is 1. The standard InChI is InChI=1S/C21H15NO4/c23-19(12-14-7-3-6-13-5-1-2-9-16(13)14)22-17-10-4-8-15-11-18(21(24)25)26-20(15)17/h1-11H,12H2,(H,22,23)(H,24,25). The van der Waals surface area contributed by atoms with Crippen LogP contribution in [0.25, 0.3) is 21.7 Å². The van der Waals surface area contributed by atoms with E-state index in [1.165, 1.54) is 6.07 Å². The second kappa shape index (κ2) is 6.37. The summed E-state index contributed by atoms with van der Waals surface area (Å²) in [5.74, 6) is -1.49. The van der Waals surface area contributed by atoms with Crippen molar-refractivity contribution in [2.75, 3.05) is 5.32 Å². The molecule has 0 saturated heterocycles. The third kappa shape index (κ3) is 2.91. The largest absolute Gasteiger partial charge is 0.475 e. The average molecular weight is 345 g/mol. The third-order valence-electron chi connectivity index (χ3n) is 4.26. The van der Waals surface area contributed by atoms with Gasteiger partial charge in [0, 0.05) is 5.39 Å². The number of benzene rings is 3. The first-order chi connectivity index (χ1) is 12.6. The number of amides is 1. The molecule has 128 valence electrons. The Hall–Kier alpha value is -3.60. The lowest BCUT2D eigenvalue weighted by Gasteiger charge is -2.08. The predicted octanol–water partition coefficient (Wildman–Crippen LogP) is 4.47. The number of carbonyl (C=O) groups is 2. The van der Waals surface area contributed by atoms with Crippen molar-refractivity contribution in [2.24, 2.45) is 0 Å². The highest BCUT2D eigenvalue weighted by Crippen LogP contribution is 2.27. The molecule has 0 spiro atoms. The summed E-state index contributed by atoms with van der Waals surface area (Å²) in [4.78, 5) is 23.6. The van der Waals surface area contributed by atoms with Crippen molar-refractivity contribution >= 4 is 39.3 Å². The minimum absolute atomic E-state index is 0.157. The molecule has 0 fully saturated rings. The van der Waals surface area contributed by atoms with E-state index in [-0.39, 0.29) is 18.1 Å². The van der Waals surface area contributed by atoms with Crippen LogP contribution in [0.4, 0.5) is 5.69 Å². The van der Waals surface area contributed by atoms with Crippen molar-refractivity contribution in [1.82, 2.24) is 0 Å². The van der Waals surface area contributed by atoms with Gasteiger partial charge in [-0.25, -0.2) is 4.79 Å². The summed E-state index contributed by atoms with van der Waals surface area (Å²) in [6, 6.07) is 20.4. The van der Waals surface area contributed by atoms with Gasteiger partial charge in [-0.2, -0.15) is 0 Å². The molecule has 0 unspecified atom stereocenters. The first-order valence-corrected chi connectivity index (χ1v) is 8.14. The minimum atomic E-state index is -1.14. The number of rotatable bonds is 4.